The molecule has 0 aliphatic rings. The van der Waals surface area contributed by atoms with E-state index in [1.54, 1.807) is 6.92 Å². The fourth-order valence-corrected chi connectivity index (χ4v) is 1.68. The van der Waals surface area contributed by atoms with Gasteiger partial charge in [0, 0.05) is 11.6 Å². The third-order valence-electron chi connectivity index (χ3n) is 2.41. The summed E-state index contributed by atoms with van der Waals surface area (Å²) in [6, 6.07) is -0.0209. The number of nitrogens with two attached hydrogens (primary N) is 1. The first kappa shape index (κ1) is 14.5. The van der Waals surface area contributed by atoms with Crippen LogP contribution in [-0.4, -0.2) is 5.11 Å². The number of phenolic OH excluding ortho intramolecular Hbond substituents is 1. The first-order valence-electron chi connectivity index (χ1n) is 5.13. The highest BCUT2D eigenvalue weighted by Gasteiger charge is 2.36. The van der Waals surface area contributed by atoms with Crippen molar-refractivity contribution in [2.45, 2.75) is 25.6 Å². The van der Waals surface area contributed by atoms with E-state index in [2.05, 4.69) is 6.58 Å². The van der Waals surface area contributed by atoms with Crippen molar-refractivity contribution in [3.8, 4) is 5.75 Å². The van der Waals surface area contributed by atoms with Gasteiger partial charge in [0.15, 0.2) is 11.6 Å². The van der Waals surface area contributed by atoms with Gasteiger partial charge in [-0.25, -0.2) is 4.39 Å². The Kier molecular flexibility index (Phi) is 4.01. The van der Waals surface area contributed by atoms with Crippen molar-refractivity contribution in [3.63, 3.8) is 0 Å². The minimum atomic E-state index is -4.70. The summed E-state index contributed by atoms with van der Waals surface area (Å²) >= 11 is 0. The largest absolute Gasteiger partial charge is 0.505 e. The standard InChI is InChI=1S/C12H13F4NO/c1-6(2)5-9(17)10-7(12(14,15)16)3-4-8(13)11(10)18/h3-4,9,18H,1,5,17H2,2H3/t9-/m1/s1. The second kappa shape index (κ2) is 4.97. The van der Waals surface area contributed by atoms with Crippen LogP contribution in [0.4, 0.5) is 17.6 Å². The van der Waals surface area contributed by atoms with E-state index in [1.807, 2.05) is 0 Å². The maximum atomic E-state index is 13.1. The molecular formula is C12H13F4NO. The highest BCUT2D eigenvalue weighted by atomic mass is 19.4. The van der Waals surface area contributed by atoms with Gasteiger partial charge in [-0.1, -0.05) is 5.57 Å². The van der Waals surface area contributed by atoms with Gasteiger partial charge >= 0.3 is 6.18 Å². The number of phenols is 1. The number of hydrogen-bond acceptors (Lipinski definition) is 2. The lowest BCUT2D eigenvalue weighted by atomic mass is 9.94. The zero-order chi connectivity index (χ0) is 14.1. The maximum Gasteiger partial charge on any atom is 0.416 e. The fraction of sp³-hybridized carbons (Fsp3) is 0.333. The Morgan fingerprint density at radius 1 is 1.44 bits per heavy atom. The Labute approximate surface area is 102 Å². The summed E-state index contributed by atoms with van der Waals surface area (Å²) in [6.07, 6.45) is -4.67. The van der Waals surface area contributed by atoms with Crippen molar-refractivity contribution < 1.29 is 22.7 Å². The molecule has 1 atom stereocenters. The molecule has 6 heteroatoms. The SMILES string of the molecule is C=C(C)C[C@@H](N)c1c(C(F)(F)F)ccc(F)c1O. The van der Waals surface area contributed by atoms with Crippen LogP contribution >= 0.6 is 0 Å². The number of alkyl halides is 3. The molecule has 0 fully saturated rings. The van der Waals surface area contributed by atoms with Crippen LogP contribution < -0.4 is 5.73 Å². The summed E-state index contributed by atoms with van der Waals surface area (Å²) in [5.74, 6) is -2.19. The summed E-state index contributed by atoms with van der Waals surface area (Å²) in [5, 5.41) is 9.44. The molecule has 1 rings (SSSR count). The van der Waals surface area contributed by atoms with Crippen LogP contribution in [0.1, 0.15) is 30.5 Å². The number of benzene rings is 1. The second-order valence-electron chi connectivity index (χ2n) is 4.12. The quantitative estimate of drug-likeness (QED) is 0.647. The molecule has 0 aliphatic carbocycles. The molecule has 1 aromatic rings. The Bertz CT molecular complexity index is 468. The van der Waals surface area contributed by atoms with E-state index in [4.69, 9.17) is 5.73 Å². The maximum absolute atomic E-state index is 13.1. The monoisotopic (exact) mass is 263 g/mol. The summed E-state index contributed by atoms with van der Waals surface area (Å²) in [4.78, 5) is 0. The minimum absolute atomic E-state index is 0.0279. The predicted molar refractivity (Wildman–Crippen MR) is 59.4 cm³/mol. The van der Waals surface area contributed by atoms with Crippen molar-refractivity contribution >= 4 is 0 Å². The van der Waals surface area contributed by atoms with Gasteiger partial charge < -0.3 is 10.8 Å². The molecule has 1 aromatic carbocycles. The zero-order valence-corrected chi connectivity index (χ0v) is 9.68. The van der Waals surface area contributed by atoms with E-state index in [0.717, 1.165) is 0 Å². The third-order valence-corrected chi connectivity index (χ3v) is 2.41. The number of hydrogen-bond donors (Lipinski definition) is 2. The second-order valence-corrected chi connectivity index (χ2v) is 4.12. The molecule has 2 nitrogen and oxygen atoms in total. The molecule has 0 radical (unpaired) electrons. The molecule has 18 heavy (non-hydrogen) atoms. The molecule has 0 aliphatic heterocycles. The first-order valence-corrected chi connectivity index (χ1v) is 5.13. The topological polar surface area (TPSA) is 46.2 Å². The van der Waals surface area contributed by atoms with Gasteiger partial charge in [0.1, 0.15) is 0 Å². The molecule has 0 unspecified atom stereocenters. The smallest absolute Gasteiger partial charge is 0.416 e. The summed E-state index contributed by atoms with van der Waals surface area (Å²) in [5.41, 5.74) is 4.35. The van der Waals surface area contributed by atoms with E-state index < -0.39 is 34.9 Å². The number of rotatable bonds is 3. The molecule has 0 spiro atoms. The van der Waals surface area contributed by atoms with Gasteiger partial charge in [-0.05, 0) is 25.5 Å². The molecular weight excluding hydrogens is 250 g/mol. The van der Waals surface area contributed by atoms with Crippen LogP contribution in [-0.2, 0) is 6.18 Å². The van der Waals surface area contributed by atoms with Gasteiger partial charge in [0.2, 0.25) is 0 Å². The lowest BCUT2D eigenvalue weighted by Gasteiger charge is -2.20. The molecule has 0 heterocycles. The predicted octanol–water partition coefficient (Wildman–Crippen LogP) is 3.52. The van der Waals surface area contributed by atoms with Gasteiger partial charge in [0.05, 0.1) is 5.56 Å². The van der Waals surface area contributed by atoms with E-state index in [0.29, 0.717) is 17.7 Å². The molecule has 0 aromatic heterocycles. The van der Waals surface area contributed by atoms with Crippen LogP contribution in [0.3, 0.4) is 0 Å². The molecule has 0 bridgehead atoms. The third kappa shape index (κ3) is 3.01. The molecule has 0 saturated heterocycles. The normalized spacial score (nSPS) is 13.4. The van der Waals surface area contributed by atoms with Crippen molar-refractivity contribution in [1.29, 1.82) is 0 Å². The zero-order valence-electron chi connectivity index (χ0n) is 9.68. The average molecular weight is 263 g/mol. The summed E-state index contributed by atoms with van der Waals surface area (Å²) in [6.45, 7) is 5.11. The van der Waals surface area contributed by atoms with Gasteiger partial charge in [-0.2, -0.15) is 13.2 Å². The van der Waals surface area contributed by atoms with Crippen LogP contribution in [0.2, 0.25) is 0 Å². The van der Waals surface area contributed by atoms with Gasteiger partial charge in [0.25, 0.3) is 0 Å². The highest BCUT2D eigenvalue weighted by Crippen LogP contribution is 2.40. The van der Waals surface area contributed by atoms with E-state index >= 15 is 0 Å². The number of halogens is 4. The summed E-state index contributed by atoms with van der Waals surface area (Å²) < 4.78 is 51.4. The lowest BCUT2D eigenvalue weighted by Crippen LogP contribution is -2.18. The van der Waals surface area contributed by atoms with Crippen molar-refractivity contribution in [3.05, 3.63) is 41.2 Å². The van der Waals surface area contributed by atoms with Crippen LogP contribution in [0.5, 0.6) is 5.75 Å². The van der Waals surface area contributed by atoms with Crippen LogP contribution in [0.25, 0.3) is 0 Å². The lowest BCUT2D eigenvalue weighted by molar-refractivity contribution is -0.138. The number of aromatic hydroxyl groups is 1. The van der Waals surface area contributed by atoms with Crippen molar-refractivity contribution in [1.82, 2.24) is 0 Å². The van der Waals surface area contributed by atoms with Crippen LogP contribution in [0.15, 0.2) is 24.3 Å². The Hall–Kier alpha value is -1.56. The van der Waals surface area contributed by atoms with E-state index in [9.17, 15) is 22.7 Å². The van der Waals surface area contributed by atoms with E-state index in [1.165, 1.54) is 0 Å². The van der Waals surface area contributed by atoms with Crippen molar-refractivity contribution in [2.75, 3.05) is 0 Å². The molecule has 0 amide bonds. The van der Waals surface area contributed by atoms with E-state index in [-0.39, 0.29) is 6.42 Å². The minimum Gasteiger partial charge on any atom is -0.505 e. The Morgan fingerprint density at radius 3 is 2.44 bits per heavy atom. The molecule has 100 valence electrons. The molecule has 0 saturated carbocycles. The Morgan fingerprint density at radius 2 is 2.00 bits per heavy atom. The highest BCUT2D eigenvalue weighted by molar-refractivity contribution is 5.44. The van der Waals surface area contributed by atoms with Gasteiger partial charge in [-0.15, -0.1) is 6.58 Å². The van der Waals surface area contributed by atoms with Gasteiger partial charge in [-0.3, -0.25) is 0 Å². The molecule has 3 N–H and O–H groups in total. The summed E-state index contributed by atoms with van der Waals surface area (Å²) in [7, 11) is 0. The Balaban J connectivity index is 3.38. The average Bonchev–Trinajstić information content (AvgIpc) is 2.18. The van der Waals surface area contributed by atoms with Crippen LogP contribution in [0, 0.1) is 5.82 Å². The first-order chi connectivity index (χ1) is 8.14. The fourth-order valence-electron chi connectivity index (χ4n) is 1.68. The van der Waals surface area contributed by atoms with Crippen molar-refractivity contribution in [2.24, 2.45) is 5.73 Å².